The summed E-state index contributed by atoms with van der Waals surface area (Å²) in [6, 6.07) is 11.6. The number of isocyanates is 2. The SMILES string of the molecule is CSc1cc(Cc2ccc(N=C=O)c(SC)c2)ccc1N=C=O. The van der Waals surface area contributed by atoms with Crippen molar-refractivity contribution in [3.05, 3.63) is 47.5 Å². The summed E-state index contributed by atoms with van der Waals surface area (Å²) in [5, 5.41) is 0. The monoisotopic (exact) mass is 342 g/mol. The van der Waals surface area contributed by atoms with Gasteiger partial charge in [-0.1, -0.05) is 12.1 Å². The first kappa shape index (κ1) is 17.3. The maximum absolute atomic E-state index is 10.4. The summed E-state index contributed by atoms with van der Waals surface area (Å²) in [6.45, 7) is 0. The Kier molecular flexibility index (Phi) is 6.39. The molecule has 0 bridgehead atoms. The van der Waals surface area contributed by atoms with Crippen LogP contribution in [-0.4, -0.2) is 24.7 Å². The lowest BCUT2D eigenvalue weighted by molar-refractivity contribution is 0.564. The van der Waals surface area contributed by atoms with E-state index in [0.29, 0.717) is 11.4 Å². The van der Waals surface area contributed by atoms with Crippen LogP contribution in [0, 0.1) is 0 Å². The highest BCUT2D eigenvalue weighted by Crippen LogP contribution is 2.32. The minimum atomic E-state index is 0.636. The minimum absolute atomic E-state index is 0.636. The molecule has 0 saturated heterocycles. The second-order valence-electron chi connectivity index (χ2n) is 4.60. The van der Waals surface area contributed by atoms with E-state index in [-0.39, 0.29) is 0 Å². The Morgan fingerprint density at radius 3 is 1.61 bits per heavy atom. The van der Waals surface area contributed by atoms with Crippen LogP contribution >= 0.6 is 23.5 Å². The topological polar surface area (TPSA) is 58.9 Å². The molecule has 0 aromatic heterocycles. The highest BCUT2D eigenvalue weighted by atomic mass is 32.2. The van der Waals surface area contributed by atoms with Gasteiger partial charge in [0, 0.05) is 9.79 Å². The molecule has 0 radical (unpaired) electrons. The molecule has 0 saturated carbocycles. The van der Waals surface area contributed by atoms with Gasteiger partial charge in [0.25, 0.3) is 0 Å². The molecule has 0 amide bonds. The number of aliphatic imine (C=N–C) groups is 2. The molecular formula is C17H14N2O2S2. The van der Waals surface area contributed by atoms with Crippen LogP contribution in [0.25, 0.3) is 0 Å². The predicted molar refractivity (Wildman–Crippen MR) is 94.8 cm³/mol. The molecule has 2 aromatic rings. The molecule has 116 valence electrons. The van der Waals surface area contributed by atoms with E-state index >= 15 is 0 Å². The van der Waals surface area contributed by atoms with Crippen molar-refractivity contribution in [3.8, 4) is 0 Å². The number of hydrogen-bond acceptors (Lipinski definition) is 6. The molecular weight excluding hydrogens is 328 g/mol. The van der Waals surface area contributed by atoms with E-state index in [1.54, 1.807) is 35.7 Å². The summed E-state index contributed by atoms with van der Waals surface area (Å²) < 4.78 is 0. The largest absolute Gasteiger partial charge is 0.240 e. The molecule has 0 aliphatic heterocycles. The molecule has 0 spiro atoms. The highest BCUT2D eigenvalue weighted by molar-refractivity contribution is 7.99. The van der Waals surface area contributed by atoms with Gasteiger partial charge in [-0.3, -0.25) is 0 Å². The van der Waals surface area contributed by atoms with E-state index in [9.17, 15) is 9.59 Å². The van der Waals surface area contributed by atoms with Crippen LogP contribution in [0.2, 0.25) is 0 Å². The molecule has 2 aromatic carbocycles. The molecule has 0 atom stereocenters. The van der Waals surface area contributed by atoms with Crippen molar-refractivity contribution in [2.45, 2.75) is 16.2 Å². The molecule has 0 aliphatic carbocycles. The fraction of sp³-hybridized carbons (Fsp3) is 0.176. The van der Waals surface area contributed by atoms with Crippen LogP contribution in [0.5, 0.6) is 0 Å². The average molecular weight is 342 g/mol. The smallest absolute Gasteiger partial charge is 0.211 e. The normalized spacial score (nSPS) is 9.83. The summed E-state index contributed by atoms with van der Waals surface area (Å²) in [5.74, 6) is 0. The maximum Gasteiger partial charge on any atom is 0.240 e. The third kappa shape index (κ3) is 4.44. The predicted octanol–water partition coefficient (Wildman–Crippen LogP) is 4.66. The fourth-order valence-corrected chi connectivity index (χ4v) is 3.37. The number of rotatable bonds is 6. The van der Waals surface area contributed by atoms with Gasteiger partial charge in [-0.2, -0.15) is 9.98 Å². The van der Waals surface area contributed by atoms with Gasteiger partial charge in [0.15, 0.2) is 0 Å². The maximum atomic E-state index is 10.4. The standard InChI is InChI=1S/C17H14N2O2S2/c1-22-16-8-12(3-5-14(16)18-10-20)7-13-4-6-15(19-11-21)17(9-13)23-2/h3-6,8-9H,7H2,1-2H3. The zero-order valence-corrected chi connectivity index (χ0v) is 14.3. The van der Waals surface area contributed by atoms with Crippen LogP contribution in [0.15, 0.2) is 56.2 Å². The van der Waals surface area contributed by atoms with Gasteiger partial charge in [-0.05, 0) is 54.3 Å². The van der Waals surface area contributed by atoms with E-state index in [1.807, 2.05) is 48.9 Å². The number of nitrogens with zero attached hydrogens (tertiary/aromatic N) is 2. The van der Waals surface area contributed by atoms with E-state index in [0.717, 1.165) is 27.3 Å². The molecule has 4 nitrogen and oxygen atoms in total. The highest BCUT2D eigenvalue weighted by Gasteiger charge is 2.06. The van der Waals surface area contributed by atoms with Crippen molar-refractivity contribution in [2.75, 3.05) is 12.5 Å². The Balaban J connectivity index is 2.32. The molecule has 2 rings (SSSR count). The van der Waals surface area contributed by atoms with Gasteiger partial charge in [0.2, 0.25) is 12.2 Å². The van der Waals surface area contributed by atoms with Crippen molar-refractivity contribution in [1.29, 1.82) is 0 Å². The van der Waals surface area contributed by atoms with Crippen molar-refractivity contribution >= 4 is 47.1 Å². The molecule has 23 heavy (non-hydrogen) atoms. The minimum Gasteiger partial charge on any atom is -0.211 e. The Morgan fingerprint density at radius 1 is 0.826 bits per heavy atom. The molecule has 0 heterocycles. The van der Waals surface area contributed by atoms with Crippen molar-refractivity contribution in [2.24, 2.45) is 9.98 Å². The summed E-state index contributed by atoms with van der Waals surface area (Å²) in [7, 11) is 0. The number of benzene rings is 2. The molecule has 0 N–H and O–H groups in total. The van der Waals surface area contributed by atoms with Gasteiger partial charge in [-0.25, -0.2) is 9.59 Å². The van der Waals surface area contributed by atoms with Crippen molar-refractivity contribution < 1.29 is 9.59 Å². The third-order valence-corrected chi connectivity index (χ3v) is 4.76. The summed E-state index contributed by atoms with van der Waals surface area (Å²) in [6.07, 6.45) is 7.79. The lowest BCUT2D eigenvalue weighted by Crippen LogP contribution is -1.90. The second-order valence-corrected chi connectivity index (χ2v) is 6.29. The zero-order chi connectivity index (χ0) is 16.7. The lowest BCUT2D eigenvalue weighted by atomic mass is 10.0. The Morgan fingerprint density at radius 2 is 1.26 bits per heavy atom. The van der Waals surface area contributed by atoms with Gasteiger partial charge in [-0.15, -0.1) is 23.5 Å². The van der Waals surface area contributed by atoms with Crippen LogP contribution in [0.3, 0.4) is 0 Å². The van der Waals surface area contributed by atoms with Gasteiger partial charge < -0.3 is 0 Å². The first-order valence-electron chi connectivity index (χ1n) is 6.71. The number of thioether (sulfide) groups is 2. The zero-order valence-electron chi connectivity index (χ0n) is 12.7. The Hall–Kier alpha value is -2.10. The van der Waals surface area contributed by atoms with Crippen LogP contribution < -0.4 is 0 Å². The summed E-state index contributed by atoms with van der Waals surface area (Å²) >= 11 is 3.08. The summed E-state index contributed by atoms with van der Waals surface area (Å²) in [4.78, 5) is 30.2. The van der Waals surface area contributed by atoms with Crippen molar-refractivity contribution in [3.63, 3.8) is 0 Å². The Bertz CT molecular complexity index is 741. The average Bonchev–Trinajstić information content (AvgIpc) is 2.58. The molecule has 0 fully saturated rings. The third-order valence-electron chi connectivity index (χ3n) is 3.23. The van der Waals surface area contributed by atoms with Crippen LogP contribution in [0.4, 0.5) is 11.4 Å². The van der Waals surface area contributed by atoms with E-state index in [1.165, 1.54) is 0 Å². The first-order valence-corrected chi connectivity index (χ1v) is 9.16. The van der Waals surface area contributed by atoms with E-state index in [2.05, 4.69) is 9.98 Å². The fourth-order valence-electron chi connectivity index (χ4n) is 2.18. The van der Waals surface area contributed by atoms with Gasteiger partial charge in [0.1, 0.15) is 0 Å². The molecule has 0 aliphatic rings. The second kappa shape index (κ2) is 8.51. The van der Waals surface area contributed by atoms with E-state index < -0.39 is 0 Å². The van der Waals surface area contributed by atoms with Gasteiger partial charge >= 0.3 is 0 Å². The van der Waals surface area contributed by atoms with Crippen LogP contribution in [-0.2, 0) is 16.0 Å². The molecule has 6 heteroatoms. The van der Waals surface area contributed by atoms with Gasteiger partial charge in [0.05, 0.1) is 11.4 Å². The van der Waals surface area contributed by atoms with Crippen molar-refractivity contribution in [1.82, 2.24) is 0 Å². The summed E-state index contributed by atoms with van der Waals surface area (Å²) in [5.41, 5.74) is 3.52. The number of hydrogen-bond donors (Lipinski definition) is 0. The molecule has 0 unspecified atom stereocenters. The van der Waals surface area contributed by atoms with E-state index in [4.69, 9.17) is 0 Å². The first-order chi connectivity index (χ1) is 11.2. The quantitative estimate of drug-likeness (QED) is 0.435. The number of carbonyl (C=O) groups excluding carboxylic acids is 2. The lowest BCUT2D eigenvalue weighted by Gasteiger charge is -2.08. The Labute approximate surface area is 143 Å². The van der Waals surface area contributed by atoms with Crippen LogP contribution in [0.1, 0.15) is 11.1 Å².